The van der Waals surface area contributed by atoms with Crippen molar-refractivity contribution in [3.8, 4) is 0 Å². The van der Waals surface area contributed by atoms with E-state index in [0.717, 1.165) is 15.7 Å². The molecule has 5 heteroatoms. The number of rotatable bonds is 6. The molecule has 20 heavy (non-hydrogen) atoms. The first-order valence-corrected chi connectivity index (χ1v) is 6.39. The molecule has 0 unspecified atom stereocenters. The van der Waals surface area contributed by atoms with Crippen LogP contribution < -0.4 is 5.32 Å². The number of alkyl halides is 2. The summed E-state index contributed by atoms with van der Waals surface area (Å²) in [4.78, 5) is 3.92. The lowest BCUT2D eigenvalue weighted by atomic mass is 10.1. The van der Waals surface area contributed by atoms with Gasteiger partial charge in [-0.3, -0.25) is 4.57 Å². The van der Waals surface area contributed by atoms with Gasteiger partial charge < -0.3 is 5.32 Å². The van der Waals surface area contributed by atoms with Crippen molar-refractivity contribution in [3.63, 3.8) is 0 Å². The van der Waals surface area contributed by atoms with Gasteiger partial charge >= 0.3 is 6.55 Å². The smallest absolute Gasteiger partial charge is 0.306 e. The fraction of sp³-hybridized carbons (Fsp3) is 0.267. The van der Waals surface area contributed by atoms with Crippen LogP contribution in [0.4, 0.5) is 8.78 Å². The zero-order valence-corrected chi connectivity index (χ0v) is 11.3. The molecule has 1 aromatic carbocycles. The van der Waals surface area contributed by atoms with Crippen LogP contribution in [0.15, 0.2) is 48.3 Å². The number of nitrogens with one attached hydrogen (secondary N) is 1. The third-order valence-electron chi connectivity index (χ3n) is 2.86. The Labute approximate surface area is 117 Å². The molecule has 0 radical (unpaired) electrons. The molecule has 2 aromatic rings. The molecule has 0 spiro atoms. The zero-order chi connectivity index (χ0) is 14.4. The number of aromatic nitrogens is 2. The summed E-state index contributed by atoms with van der Waals surface area (Å²) in [6, 6.07) is 9.97. The minimum atomic E-state index is -2.55. The predicted octanol–water partition coefficient (Wildman–Crippen LogP) is 3.47. The first-order chi connectivity index (χ1) is 9.66. The van der Waals surface area contributed by atoms with E-state index >= 15 is 0 Å². The van der Waals surface area contributed by atoms with Gasteiger partial charge in [0, 0.05) is 18.9 Å². The molecule has 0 fully saturated rings. The van der Waals surface area contributed by atoms with Crippen LogP contribution in [0.3, 0.4) is 0 Å². The minimum absolute atomic E-state index is 0.317. The van der Waals surface area contributed by atoms with E-state index in [9.17, 15) is 8.78 Å². The van der Waals surface area contributed by atoms with E-state index in [-0.39, 0.29) is 0 Å². The molecule has 1 heterocycles. The van der Waals surface area contributed by atoms with Crippen molar-refractivity contribution in [2.45, 2.75) is 20.0 Å². The maximum atomic E-state index is 12.6. The third kappa shape index (κ3) is 3.99. The molecule has 0 saturated carbocycles. The predicted molar refractivity (Wildman–Crippen MR) is 75.3 cm³/mol. The number of nitrogens with zero attached hydrogens (tertiary/aromatic N) is 2. The Kier molecular flexibility index (Phi) is 5.01. The lowest BCUT2D eigenvalue weighted by Crippen LogP contribution is -2.19. The van der Waals surface area contributed by atoms with Crippen LogP contribution in [0.25, 0.3) is 6.08 Å². The van der Waals surface area contributed by atoms with E-state index in [1.165, 1.54) is 12.4 Å². The second-order valence-corrected chi connectivity index (χ2v) is 4.53. The monoisotopic (exact) mass is 277 g/mol. The maximum Gasteiger partial charge on any atom is 0.319 e. The van der Waals surface area contributed by atoms with Gasteiger partial charge in [0.15, 0.2) is 0 Å². The van der Waals surface area contributed by atoms with Crippen molar-refractivity contribution in [3.05, 3.63) is 59.7 Å². The van der Waals surface area contributed by atoms with E-state index in [1.807, 2.05) is 37.3 Å². The van der Waals surface area contributed by atoms with Crippen molar-refractivity contribution in [1.29, 1.82) is 0 Å². The molecule has 0 bridgehead atoms. The molecule has 3 nitrogen and oxygen atoms in total. The number of halogens is 2. The molecule has 0 aliphatic carbocycles. The zero-order valence-electron chi connectivity index (χ0n) is 11.3. The van der Waals surface area contributed by atoms with Crippen LogP contribution in [0.1, 0.15) is 24.9 Å². The van der Waals surface area contributed by atoms with Gasteiger partial charge in [0.1, 0.15) is 5.82 Å². The van der Waals surface area contributed by atoms with Crippen LogP contribution in [-0.2, 0) is 6.54 Å². The largest absolute Gasteiger partial charge is 0.319 e. The Bertz CT molecular complexity index is 562. The number of hydrogen-bond donors (Lipinski definition) is 1. The SMILES string of the molecule is C/C(=C/c1ccccc1)CNCc1nccn1C(F)F. The van der Waals surface area contributed by atoms with Gasteiger partial charge in [0.05, 0.1) is 6.54 Å². The fourth-order valence-electron chi connectivity index (χ4n) is 1.91. The second kappa shape index (κ2) is 6.96. The summed E-state index contributed by atoms with van der Waals surface area (Å²) >= 11 is 0. The van der Waals surface area contributed by atoms with Crippen molar-refractivity contribution >= 4 is 6.08 Å². The normalized spacial score (nSPS) is 12.1. The van der Waals surface area contributed by atoms with E-state index in [0.29, 0.717) is 18.9 Å². The molecule has 0 aliphatic heterocycles. The Morgan fingerprint density at radius 1 is 1.35 bits per heavy atom. The van der Waals surface area contributed by atoms with Crippen LogP contribution in [0.2, 0.25) is 0 Å². The molecule has 1 N–H and O–H groups in total. The second-order valence-electron chi connectivity index (χ2n) is 4.53. The van der Waals surface area contributed by atoms with E-state index in [4.69, 9.17) is 0 Å². The molecule has 0 atom stereocenters. The number of imidazole rings is 1. The minimum Gasteiger partial charge on any atom is -0.306 e. The van der Waals surface area contributed by atoms with Crippen molar-refractivity contribution in [2.75, 3.05) is 6.54 Å². The third-order valence-corrected chi connectivity index (χ3v) is 2.86. The molecule has 2 rings (SSSR count). The highest BCUT2D eigenvalue weighted by Crippen LogP contribution is 2.12. The molecule has 0 amide bonds. The Morgan fingerprint density at radius 2 is 2.10 bits per heavy atom. The standard InChI is InChI=1S/C15H17F2N3/c1-12(9-13-5-3-2-4-6-13)10-18-11-14-19-7-8-20(14)15(16)17/h2-9,15,18H,10-11H2,1H3/b12-9-. The summed E-state index contributed by atoms with van der Waals surface area (Å²) in [5, 5.41) is 3.12. The van der Waals surface area contributed by atoms with Gasteiger partial charge in [-0.1, -0.05) is 42.0 Å². The van der Waals surface area contributed by atoms with Crippen LogP contribution in [0, 0.1) is 0 Å². The van der Waals surface area contributed by atoms with Gasteiger partial charge in [0.2, 0.25) is 0 Å². The average Bonchev–Trinajstić information content (AvgIpc) is 2.88. The highest BCUT2D eigenvalue weighted by atomic mass is 19.3. The molecule has 0 saturated heterocycles. The summed E-state index contributed by atoms with van der Waals surface area (Å²) in [6.07, 6.45) is 4.73. The Balaban J connectivity index is 1.87. The van der Waals surface area contributed by atoms with Crippen LogP contribution >= 0.6 is 0 Å². The van der Waals surface area contributed by atoms with E-state index in [2.05, 4.69) is 16.4 Å². The van der Waals surface area contributed by atoms with Crippen LogP contribution in [-0.4, -0.2) is 16.1 Å². The van der Waals surface area contributed by atoms with Gasteiger partial charge in [-0.15, -0.1) is 0 Å². The van der Waals surface area contributed by atoms with E-state index < -0.39 is 6.55 Å². The molecular weight excluding hydrogens is 260 g/mol. The Hall–Kier alpha value is -2.01. The lowest BCUT2D eigenvalue weighted by molar-refractivity contribution is 0.0667. The first kappa shape index (κ1) is 14.4. The summed E-state index contributed by atoms with van der Waals surface area (Å²) in [5.41, 5.74) is 2.26. The summed E-state index contributed by atoms with van der Waals surface area (Å²) in [7, 11) is 0. The molecular formula is C15H17F2N3. The highest BCUT2D eigenvalue weighted by molar-refractivity contribution is 5.52. The molecule has 1 aromatic heterocycles. The topological polar surface area (TPSA) is 29.9 Å². The van der Waals surface area contributed by atoms with Gasteiger partial charge in [0.25, 0.3) is 0 Å². The summed E-state index contributed by atoms with van der Waals surface area (Å²) < 4.78 is 26.1. The number of hydrogen-bond acceptors (Lipinski definition) is 2. The van der Waals surface area contributed by atoms with Crippen LogP contribution in [0.5, 0.6) is 0 Å². The highest BCUT2D eigenvalue weighted by Gasteiger charge is 2.10. The summed E-state index contributed by atoms with van der Waals surface area (Å²) in [6.45, 7) is 0.400. The number of benzene rings is 1. The van der Waals surface area contributed by atoms with Gasteiger partial charge in [-0.05, 0) is 12.5 Å². The van der Waals surface area contributed by atoms with Crippen molar-refractivity contribution in [1.82, 2.24) is 14.9 Å². The van der Waals surface area contributed by atoms with E-state index in [1.54, 1.807) is 0 Å². The van der Waals surface area contributed by atoms with Gasteiger partial charge in [-0.2, -0.15) is 8.78 Å². The van der Waals surface area contributed by atoms with Gasteiger partial charge in [-0.25, -0.2) is 4.98 Å². The fourth-order valence-corrected chi connectivity index (χ4v) is 1.91. The first-order valence-electron chi connectivity index (χ1n) is 6.39. The van der Waals surface area contributed by atoms with Crippen molar-refractivity contribution < 1.29 is 8.78 Å². The maximum absolute atomic E-state index is 12.6. The quantitative estimate of drug-likeness (QED) is 0.876. The Morgan fingerprint density at radius 3 is 2.80 bits per heavy atom. The van der Waals surface area contributed by atoms with Crippen molar-refractivity contribution in [2.24, 2.45) is 0 Å². The summed E-state index contributed by atoms with van der Waals surface area (Å²) in [5.74, 6) is 0.340. The lowest BCUT2D eigenvalue weighted by Gasteiger charge is -2.08. The molecule has 0 aliphatic rings. The average molecular weight is 277 g/mol. The molecule has 106 valence electrons.